The molecule has 2 saturated heterocycles. The number of benzene rings is 1. The molecule has 0 radical (unpaired) electrons. The standard InChI is InChI=1S/C22H24F3N5O3/c23-22(24,25)11-20(31)29-9-6-19(7-10-29)33-18-3-1-16(2-4-18)30(17-5-8-27-28-14-17)21(32)15-12-26-13-15/h1-5,8,14-15,19,26H,6-7,9-13H2. The lowest BCUT2D eigenvalue weighted by Gasteiger charge is -2.33. The number of likely N-dealkylation sites (tertiary alicyclic amines) is 1. The molecule has 0 unspecified atom stereocenters. The van der Waals surface area contributed by atoms with E-state index in [2.05, 4.69) is 15.5 Å². The van der Waals surface area contributed by atoms with Crippen LogP contribution in [-0.4, -0.2) is 65.4 Å². The average Bonchev–Trinajstić information content (AvgIpc) is 2.74. The normalized spacial score (nSPS) is 17.4. The van der Waals surface area contributed by atoms with E-state index in [9.17, 15) is 22.8 Å². The molecule has 33 heavy (non-hydrogen) atoms. The third-order valence-electron chi connectivity index (χ3n) is 5.72. The predicted molar refractivity (Wildman–Crippen MR) is 113 cm³/mol. The minimum absolute atomic E-state index is 0.0358. The second kappa shape index (κ2) is 9.74. The first-order valence-corrected chi connectivity index (χ1v) is 10.7. The van der Waals surface area contributed by atoms with Crippen LogP contribution in [0.3, 0.4) is 0 Å². The maximum Gasteiger partial charge on any atom is 0.397 e. The summed E-state index contributed by atoms with van der Waals surface area (Å²) in [5, 5.41) is 10.7. The average molecular weight is 463 g/mol. The van der Waals surface area contributed by atoms with Crippen LogP contribution in [0.5, 0.6) is 5.75 Å². The molecule has 176 valence electrons. The number of nitrogens with one attached hydrogen (secondary N) is 1. The number of amides is 2. The molecule has 3 heterocycles. The van der Waals surface area contributed by atoms with E-state index in [1.54, 1.807) is 35.2 Å². The van der Waals surface area contributed by atoms with Crippen molar-refractivity contribution in [2.24, 2.45) is 5.92 Å². The molecule has 2 fully saturated rings. The zero-order chi connectivity index (χ0) is 23.4. The molecule has 0 aliphatic carbocycles. The van der Waals surface area contributed by atoms with Crippen molar-refractivity contribution >= 4 is 23.2 Å². The first kappa shape index (κ1) is 23.0. The van der Waals surface area contributed by atoms with Gasteiger partial charge in [0, 0.05) is 44.7 Å². The van der Waals surface area contributed by atoms with Crippen molar-refractivity contribution in [2.45, 2.75) is 31.5 Å². The molecular weight excluding hydrogens is 439 g/mol. The van der Waals surface area contributed by atoms with Gasteiger partial charge in [-0.05, 0) is 30.3 Å². The highest BCUT2D eigenvalue weighted by Gasteiger charge is 2.35. The maximum absolute atomic E-state index is 13.0. The first-order chi connectivity index (χ1) is 15.8. The van der Waals surface area contributed by atoms with Gasteiger partial charge in [0.15, 0.2) is 0 Å². The Balaban J connectivity index is 1.38. The largest absolute Gasteiger partial charge is 0.490 e. The lowest BCUT2D eigenvalue weighted by atomic mass is 10.0. The number of alkyl halides is 3. The van der Waals surface area contributed by atoms with E-state index < -0.39 is 18.5 Å². The van der Waals surface area contributed by atoms with Gasteiger partial charge in [-0.15, -0.1) is 0 Å². The Labute approximate surface area is 188 Å². The van der Waals surface area contributed by atoms with Crippen molar-refractivity contribution in [3.63, 3.8) is 0 Å². The number of hydrogen-bond donors (Lipinski definition) is 1. The van der Waals surface area contributed by atoms with Crippen molar-refractivity contribution in [1.29, 1.82) is 0 Å². The van der Waals surface area contributed by atoms with E-state index in [0.717, 1.165) is 0 Å². The minimum Gasteiger partial charge on any atom is -0.490 e. The van der Waals surface area contributed by atoms with E-state index >= 15 is 0 Å². The van der Waals surface area contributed by atoms with Gasteiger partial charge in [-0.1, -0.05) is 0 Å². The lowest BCUT2D eigenvalue weighted by molar-refractivity contribution is -0.162. The highest BCUT2D eigenvalue weighted by molar-refractivity contribution is 6.02. The van der Waals surface area contributed by atoms with Gasteiger partial charge < -0.3 is 15.0 Å². The second-order valence-corrected chi connectivity index (χ2v) is 8.11. The van der Waals surface area contributed by atoms with E-state index in [1.165, 1.54) is 17.3 Å². The fourth-order valence-corrected chi connectivity index (χ4v) is 3.84. The summed E-state index contributed by atoms with van der Waals surface area (Å²) in [6.45, 7) is 1.70. The van der Waals surface area contributed by atoms with Crippen LogP contribution in [0.1, 0.15) is 19.3 Å². The van der Waals surface area contributed by atoms with E-state index in [-0.39, 0.29) is 31.0 Å². The van der Waals surface area contributed by atoms with E-state index in [4.69, 9.17) is 4.74 Å². The van der Waals surface area contributed by atoms with Crippen molar-refractivity contribution in [3.8, 4) is 5.75 Å². The van der Waals surface area contributed by atoms with Gasteiger partial charge in [-0.3, -0.25) is 14.5 Å². The fraction of sp³-hybridized carbons (Fsp3) is 0.455. The molecule has 1 N–H and O–H groups in total. The van der Waals surface area contributed by atoms with Crippen LogP contribution in [-0.2, 0) is 9.59 Å². The van der Waals surface area contributed by atoms with E-state index in [1.807, 2.05) is 0 Å². The summed E-state index contributed by atoms with van der Waals surface area (Å²) >= 11 is 0. The Kier molecular flexibility index (Phi) is 6.77. The van der Waals surface area contributed by atoms with Crippen LogP contribution >= 0.6 is 0 Å². The summed E-state index contributed by atoms with van der Waals surface area (Å²) in [6.07, 6.45) is -2.17. The quantitative estimate of drug-likeness (QED) is 0.709. The number of carbonyl (C=O) groups excluding carboxylic acids is 2. The number of hydrogen-bond acceptors (Lipinski definition) is 6. The molecule has 0 atom stereocenters. The number of anilines is 2. The van der Waals surface area contributed by atoms with Crippen LogP contribution in [0.25, 0.3) is 0 Å². The van der Waals surface area contributed by atoms with Crippen LogP contribution < -0.4 is 15.0 Å². The molecule has 4 rings (SSSR count). The Hall–Kier alpha value is -3.21. The van der Waals surface area contributed by atoms with Gasteiger partial charge in [-0.2, -0.15) is 23.4 Å². The number of halogens is 3. The molecule has 8 nitrogen and oxygen atoms in total. The molecular formula is C22H24F3N5O3. The molecule has 0 saturated carbocycles. The Morgan fingerprint density at radius 3 is 2.30 bits per heavy atom. The monoisotopic (exact) mass is 463 g/mol. The van der Waals surface area contributed by atoms with Gasteiger partial charge >= 0.3 is 6.18 Å². The van der Waals surface area contributed by atoms with Crippen LogP contribution in [0.15, 0.2) is 42.7 Å². The Morgan fingerprint density at radius 2 is 1.76 bits per heavy atom. The van der Waals surface area contributed by atoms with Crippen molar-refractivity contribution < 1.29 is 27.5 Å². The summed E-state index contributed by atoms with van der Waals surface area (Å²) in [7, 11) is 0. The van der Waals surface area contributed by atoms with Gasteiger partial charge in [0.05, 0.1) is 24.0 Å². The fourth-order valence-electron chi connectivity index (χ4n) is 3.84. The van der Waals surface area contributed by atoms with Crippen LogP contribution in [0, 0.1) is 5.92 Å². The summed E-state index contributed by atoms with van der Waals surface area (Å²) in [5.41, 5.74) is 1.28. The third-order valence-corrected chi connectivity index (χ3v) is 5.72. The molecule has 2 aliphatic rings. The van der Waals surface area contributed by atoms with Gasteiger partial charge in [-0.25, -0.2) is 0 Å². The smallest absolute Gasteiger partial charge is 0.397 e. The van der Waals surface area contributed by atoms with Crippen molar-refractivity contribution in [1.82, 2.24) is 20.4 Å². The highest BCUT2D eigenvalue weighted by atomic mass is 19.4. The number of nitrogens with zero attached hydrogens (tertiary/aromatic N) is 4. The molecule has 0 bridgehead atoms. The first-order valence-electron chi connectivity index (χ1n) is 10.7. The number of piperidine rings is 1. The highest BCUT2D eigenvalue weighted by Crippen LogP contribution is 2.30. The summed E-state index contributed by atoms with van der Waals surface area (Å²) in [4.78, 5) is 27.6. The molecule has 11 heteroatoms. The number of rotatable bonds is 6. The number of aromatic nitrogens is 2. The molecule has 2 aliphatic heterocycles. The zero-order valence-electron chi connectivity index (χ0n) is 17.8. The summed E-state index contributed by atoms with van der Waals surface area (Å²) in [5.74, 6) is -0.461. The predicted octanol–water partition coefficient (Wildman–Crippen LogP) is 2.68. The third kappa shape index (κ3) is 5.78. The number of carbonyl (C=O) groups is 2. The molecule has 2 amide bonds. The van der Waals surface area contributed by atoms with Crippen LogP contribution in [0.2, 0.25) is 0 Å². The molecule has 1 aromatic carbocycles. The topological polar surface area (TPSA) is 87.7 Å². The molecule has 0 spiro atoms. The lowest BCUT2D eigenvalue weighted by Crippen LogP contribution is -2.51. The number of ether oxygens (including phenoxy) is 1. The minimum atomic E-state index is -4.50. The zero-order valence-corrected chi connectivity index (χ0v) is 17.8. The van der Waals surface area contributed by atoms with Gasteiger partial charge in [0.2, 0.25) is 11.8 Å². The maximum atomic E-state index is 13.0. The second-order valence-electron chi connectivity index (χ2n) is 8.11. The Bertz CT molecular complexity index is 959. The summed E-state index contributed by atoms with van der Waals surface area (Å²) in [6, 6.07) is 8.79. The summed E-state index contributed by atoms with van der Waals surface area (Å²) < 4.78 is 43.3. The molecule has 2 aromatic rings. The molecule has 1 aromatic heterocycles. The Morgan fingerprint density at radius 1 is 1.06 bits per heavy atom. The van der Waals surface area contributed by atoms with E-state index in [0.29, 0.717) is 43.1 Å². The van der Waals surface area contributed by atoms with Crippen molar-refractivity contribution in [2.75, 3.05) is 31.1 Å². The SMILES string of the molecule is O=C(CC(F)(F)F)N1CCC(Oc2ccc(N(C(=O)C3CNC3)c3ccnnc3)cc2)CC1. The van der Waals surface area contributed by atoms with Crippen LogP contribution in [0.4, 0.5) is 24.5 Å². The van der Waals surface area contributed by atoms with Crippen molar-refractivity contribution in [3.05, 3.63) is 42.7 Å². The van der Waals surface area contributed by atoms with Gasteiger partial charge in [0.25, 0.3) is 0 Å². The van der Waals surface area contributed by atoms with Gasteiger partial charge in [0.1, 0.15) is 18.3 Å².